The molecule has 0 spiro atoms. The van der Waals surface area contributed by atoms with Gasteiger partial charge in [-0.2, -0.15) is 0 Å². The lowest BCUT2D eigenvalue weighted by atomic mass is 10.1. The van der Waals surface area contributed by atoms with Crippen LogP contribution in [0.25, 0.3) is 0 Å². The van der Waals surface area contributed by atoms with Crippen LogP contribution in [-0.2, 0) is 0 Å². The van der Waals surface area contributed by atoms with Gasteiger partial charge in [0.25, 0.3) is 5.91 Å². The fourth-order valence-corrected chi connectivity index (χ4v) is 2.73. The monoisotopic (exact) mass is 310 g/mol. The van der Waals surface area contributed by atoms with Gasteiger partial charge in [-0.25, -0.2) is 0 Å². The molecule has 0 aromatic heterocycles. The van der Waals surface area contributed by atoms with Crippen molar-refractivity contribution in [2.75, 3.05) is 26.7 Å². The number of carbonyl (C=O) groups is 1. The highest BCUT2D eigenvalue weighted by atomic mass is 79.9. The Balaban J connectivity index is 1.93. The summed E-state index contributed by atoms with van der Waals surface area (Å²) in [4.78, 5) is 14.4. The molecule has 1 saturated heterocycles. The van der Waals surface area contributed by atoms with Crippen molar-refractivity contribution in [1.29, 1.82) is 0 Å². The highest BCUT2D eigenvalue weighted by Crippen LogP contribution is 2.17. The second-order valence-corrected chi connectivity index (χ2v) is 6.00. The standard InChI is InChI=1S/C14H19BrN2O/c1-10-3-4-12(15)7-13(10)14(18)16-8-11-5-6-17(2)9-11/h3-4,7,11H,5-6,8-9H2,1-2H3,(H,16,18). The van der Waals surface area contributed by atoms with Crippen molar-refractivity contribution in [3.05, 3.63) is 33.8 Å². The number of hydrogen-bond donors (Lipinski definition) is 1. The molecule has 1 N–H and O–H groups in total. The second-order valence-electron chi connectivity index (χ2n) is 5.09. The van der Waals surface area contributed by atoms with Gasteiger partial charge >= 0.3 is 0 Å². The molecule has 1 aliphatic heterocycles. The summed E-state index contributed by atoms with van der Waals surface area (Å²) >= 11 is 3.40. The van der Waals surface area contributed by atoms with Gasteiger partial charge in [-0.3, -0.25) is 4.79 Å². The molecule has 1 heterocycles. The lowest BCUT2D eigenvalue weighted by Crippen LogP contribution is -2.30. The van der Waals surface area contributed by atoms with Gasteiger partial charge in [0, 0.05) is 23.1 Å². The SMILES string of the molecule is Cc1ccc(Br)cc1C(=O)NCC1CCN(C)C1. The number of carbonyl (C=O) groups excluding carboxylic acids is 1. The van der Waals surface area contributed by atoms with E-state index >= 15 is 0 Å². The predicted octanol–water partition coefficient (Wildman–Crippen LogP) is 2.44. The van der Waals surface area contributed by atoms with Gasteiger partial charge in [0.1, 0.15) is 0 Å². The summed E-state index contributed by atoms with van der Waals surface area (Å²) in [5.74, 6) is 0.620. The molecule has 1 atom stereocenters. The second kappa shape index (κ2) is 5.85. The zero-order chi connectivity index (χ0) is 13.1. The van der Waals surface area contributed by atoms with Crippen LogP contribution in [0.1, 0.15) is 22.3 Å². The molecule has 3 nitrogen and oxygen atoms in total. The summed E-state index contributed by atoms with van der Waals surface area (Å²) in [5, 5.41) is 3.04. The quantitative estimate of drug-likeness (QED) is 0.930. The lowest BCUT2D eigenvalue weighted by Gasteiger charge is -2.13. The smallest absolute Gasteiger partial charge is 0.251 e. The maximum absolute atomic E-state index is 12.1. The Kier molecular flexibility index (Phi) is 4.40. The van der Waals surface area contributed by atoms with Crippen molar-refractivity contribution in [2.45, 2.75) is 13.3 Å². The van der Waals surface area contributed by atoms with Crippen LogP contribution in [0.15, 0.2) is 22.7 Å². The van der Waals surface area contributed by atoms with Crippen molar-refractivity contribution in [1.82, 2.24) is 10.2 Å². The summed E-state index contributed by atoms with van der Waals surface area (Å²) in [6.07, 6.45) is 1.17. The average molecular weight is 311 g/mol. The summed E-state index contributed by atoms with van der Waals surface area (Å²) in [5.41, 5.74) is 1.77. The van der Waals surface area contributed by atoms with Crippen LogP contribution < -0.4 is 5.32 Å². The Labute approximate surface area is 117 Å². The molecule has 0 bridgehead atoms. The third-order valence-electron chi connectivity index (χ3n) is 3.48. The minimum Gasteiger partial charge on any atom is -0.352 e. The van der Waals surface area contributed by atoms with E-state index in [0.29, 0.717) is 5.92 Å². The molecular formula is C14H19BrN2O. The first-order valence-corrected chi connectivity index (χ1v) is 7.08. The summed E-state index contributed by atoms with van der Waals surface area (Å²) in [7, 11) is 2.13. The van der Waals surface area contributed by atoms with Gasteiger partial charge in [-0.05, 0) is 50.6 Å². The molecule has 2 rings (SSSR count). The van der Waals surface area contributed by atoms with E-state index in [1.165, 1.54) is 6.42 Å². The van der Waals surface area contributed by atoms with E-state index in [4.69, 9.17) is 0 Å². The van der Waals surface area contributed by atoms with E-state index in [-0.39, 0.29) is 5.91 Å². The zero-order valence-corrected chi connectivity index (χ0v) is 12.5. The molecule has 18 heavy (non-hydrogen) atoms. The van der Waals surface area contributed by atoms with Crippen LogP contribution >= 0.6 is 15.9 Å². The van der Waals surface area contributed by atoms with E-state index in [2.05, 4.69) is 33.2 Å². The van der Waals surface area contributed by atoms with Crippen LogP contribution in [0, 0.1) is 12.8 Å². The maximum atomic E-state index is 12.1. The molecule has 0 aliphatic carbocycles. The third-order valence-corrected chi connectivity index (χ3v) is 3.98. The summed E-state index contributed by atoms with van der Waals surface area (Å²) in [6, 6.07) is 5.80. The fourth-order valence-electron chi connectivity index (χ4n) is 2.36. The van der Waals surface area contributed by atoms with Gasteiger partial charge in [0.05, 0.1) is 0 Å². The number of rotatable bonds is 3. The van der Waals surface area contributed by atoms with E-state index in [0.717, 1.165) is 35.2 Å². The van der Waals surface area contributed by atoms with Crippen LogP contribution in [0.2, 0.25) is 0 Å². The lowest BCUT2D eigenvalue weighted by molar-refractivity contribution is 0.0947. The van der Waals surface area contributed by atoms with Crippen molar-refractivity contribution in [3.63, 3.8) is 0 Å². The highest BCUT2D eigenvalue weighted by molar-refractivity contribution is 9.10. The number of amides is 1. The number of nitrogens with one attached hydrogen (secondary N) is 1. The number of hydrogen-bond acceptors (Lipinski definition) is 2. The van der Waals surface area contributed by atoms with E-state index < -0.39 is 0 Å². The molecule has 1 amide bonds. The number of halogens is 1. The van der Waals surface area contributed by atoms with E-state index in [1.54, 1.807) is 0 Å². The Morgan fingerprint density at radius 2 is 2.33 bits per heavy atom. The molecule has 1 aromatic rings. The van der Waals surface area contributed by atoms with E-state index in [1.807, 2.05) is 25.1 Å². The molecule has 0 radical (unpaired) electrons. The van der Waals surface area contributed by atoms with Crippen LogP contribution in [0.5, 0.6) is 0 Å². The zero-order valence-electron chi connectivity index (χ0n) is 10.9. The molecule has 0 saturated carbocycles. The first-order chi connectivity index (χ1) is 8.56. The van der Waals surface area contributed by atoms with Gasteiger partial charge < -0.3 is 10.2 Å². The molecule has 1 aromatic carbocycles. The number of benzene rings is 1. The molecule has 4 heteroatoms. The maximum Gasteiger partial charge on any atom is 0.251 e. The van der Waals surface area contributed by atoms with Crippen LogP contribution in [-0.4, -0.2) is 37.5 Å². The first kappa shape index (κ1) is 13.6. The fraction of sp³-hybridized carbons (Fsp3) is 0.500. The Hall–Kier alpha value is -0.870. The predicted molar refractivity (Wildman–Crippen MR) is 76.8 cm³/mol. The molecule has 1 aliphatic rings. The summed E-state index contributed by atoms with van der Waals surface area (Å²) < 4.78 is 0.943. The van der Waals surface area contributed by atoms with Crippen molar-refractivity contribution in [3.8, 4) is 0 Å². The number of aryl methyl sites for hydroxylation is 1. The molecular weight excluding hydrogens is 292 g/mol. The first-order valence-electron chi connectivity index (χ1n) is 6.29. The average Bonchev–Trinajstić information content (AvgIpc) is 2.75. The number of nitrogens with zero attached hydrogens (tertiary/aromatic N) is 1. The van der Waals surface area contributed by atoms with Crippen LogP contribution in [0.3, 0.4) is 0 Å². The molecule has 1 fully saturated rings. The normalized spacial score (nSPS) is 20.1. The third kappa shape index (κ3) is 3.33. The topological polar surface area (TPSA) is 32.3 Å². The molecule has 1 unspecified atom stereocenters. The van der Waals surface area contributed by atoms with Gasteiger partial charge in [0.15, 0.2) is 0 Å². The molecule has 98 valence electrons. The Bertz CT molecular complexity index is 447. The summed E-state index contributed by atoms with van der Waals surface area (Å²) in [6.45, 7) is 4.95. The Morgan fingerprint density at radius 1 is 1.56 bits per heavy atom. The van der Waals surface area contributed by atoms with E-state index in [9.17, 15) is 4.79 Å². The highest BCUT2D eigenvalue weighted by Gasteiger charge is 2.20. The minimum absolute atomic E-state index is 0.0309. The van der Waals surface area contributed by atoms with Crippen molar-refractivity contribution >= 4 is 21.8 Å². The number of likely N-dealkylation sites (tertiary alicyclic amines) is 1. The van der Waals surface area contributed by atoms with Crippen LogP contribution in [0.4, 0.5) is 0 Å². The van der Waals surface area contributed by atoms with Gasteiger partial charge in [0.2, 0.25) is 0 Å². The van der Waals surface area contributed by atoms with Gasteiger partial charge in [-0.1, -0.05) is 22.0 Å². The van der Waals surface area contributed by atoms with Gasteiger partial charge in [-0.15, -0.1) is 0 Å². The minimum atomic E-state index is 0.0309. The van der Waals surface area contributed by atoms with Crippen molar-refractivity contribution in [2.24, 2.45) is 5.92 Å². The Morgan fingerprint density at radius 3 is 3.00 bits per heavy atom. The largest absolute Gasteiger partial charge is 0.352 e. The van der Waals surface area contributed by atoms with Crippen molar-refractivity contribution < 1.29 is 4.79 Å².